The number of carboxylic acid groups (broad SMARTS) is 3. The van der Waals surface area contributed by atoms with Crippen LogP contribution in [-0.4, -0.2) is 162 Å². The lowest BCUT2D eigenvalue weighted by molar-refractivity contribution is -0.154. The molecule has 30 nitrogen and oxygen atoms in total. The molecule has 0 aromatic heterocycles. The van der Waals surface area contributed by atoms with Crippen molar-refractivity contribution in [2.24, 2.45) is 16.2 Å². The van der Waals surface area contributed by atoms with Crippen molar-refractivity contribution in [1.29, 1.82) is 0 Å². The molecule has 6 N–H and O–H groups in total. The van der Waals surface area contributed by atoms with Gasteiger partial charge in [0.15, 0.2) is 18.3 Å². The van der Waals surface area contributed by atoms with Crippen LogP contribution in [-0.2, 0) is 86.0 Å². The molecule has 3 rings (SSSR count). The number of ether oxygens (including phenoxy) is 9. The Morgan fingerprint density at radius 2 is 0.490 bits per heavy atom. The van der Waals surface area contributed by atoms with E-state index in [9.17, 15) is 71.9 Å². The van der Waals surface area contributed by atoms with E-state index in [1.807, 2.05) is 42.5 Å². The third-order valence-corrected chi connectivity index (χ3v) is 20.0. The van der Waals surface area contributed by atoms with E-state index in [1.54, 1.807) is 65.8 Å². The van der Waals surface area contributed by atoms with Crippen molar-refractivity contribution in [2.45, 2.75) is 268 Å². The van der Waals surface area contributed by atoms with E-state index in [1.165, 1.54) is 75.4 Å². The number of carboxylic acids is 3. The Labute approximate surface area is 855 Å². The molecule has 0 aliphatic carbocycles. The quantitative estimate of drug-likeness (QED) is 0.0100. The number of hydrogen-bond acceptors (Lipinski definition) is 24. The Bertz CT molecular complexity index is 4790. The fourth-order valence-electron chi connectivity index (χ4n) is 12.4. The van der Waals surface area contributed by atoms with Gasteiger partial charge in [-0.05, 0) is 165 Å². The first-order chi connectivity index (χ1) is 69.4. The zero-order valence-electron chi connectivity index (χ0n) is 86.4. The molecule has 3 aromatic rings. The highest BCUT2D eigenvalue weighted by atomic mass is 16.6. The van der Waals surface area contributed by atoms with Crippen LogP contribution < -0.4 is 30.2 Å². The highest BCUT2D eigenvalue weighted by Crippen LogP contribution is 2.32. The molecule has 0 aliphatic rings. The lowest BCUT2D eigenvalue weighted by Gasteiger charge is -2.32. The lowest BCUT2D eigenvalue weighted by Crippen LogP contribution is -2.49. The number of nitrogens with one attached hydrogen (secondary N) is 3. The second-order valence-electron chi connectivity index (χ2n) is 34.7. The number of para-hydroxylation sites is 3. The number of rotatable bonds is 69. The fourth-order valence-corrected chi connectivity index (χ4v) is 12.4. The van der Waals surface area contributed by atoms with Gasteiger partial charge in [-0.1, -0.05) is 293 Å². The maximum absolute atomic E-state index is 13.1. The van der Waals surface area contributed by atoms with E-state index < -0.39 is 124 Å². The van der Waals surface area contributed by atoms with Gasteiger partial charge in [0.1, 0.15) is 53.8 Å². The zero-order chi connectivity index (χ0) is 108. The fraction of sp³-hybridized carbons (Fsp3) is 0.435. The van der Waals surface area contributed by atoms with Crippen molar-refractivity contribution in [3.05, 3.63) is 284 Å². The Hall–Kier alpha value is -14.5. The third-order valence-electron chi connectivity index (χ3n) is 20.0. The standard InChI is InChI=1S/C39H51NO9.2C38H51NO9/c1-5-6-7-8-9-10-11-12-13-14-15-16-17-18-19-20-21-22-27-35(44)47-30-39(3,4)36(37(45)40-29-28-34(42)43)49-38(46)32-25-23-24-26-33(32)48-31(2)41;2*1-5-6-7-8-9-10-11-12-13-14-15-16-17-18-19-20-21-26-34(43)46-29-38(3,4)35(36(44)39-28-27-33(41)42)48-37(45)31-24-22-23-25-32(31)47-30(2)40/h6-7,9-10,12-13,15-16,18-19,21-26,36H,5,8,11,14,17,20,27-30H2,1-4H3,(H,40,45)(H,42,43);2*6-7,9-10,12-13,15-16,18-19,22-25,35H,5,8,11,14,17,20-21,26-29H2,1-4H3,(H,39,44)(H,41,42)/b7-6-,10-9-,13-12-,16-15-,19-18-,22-21-;2*7-6-,10-9-,13-12-,16-15-,19-18-. The van der Waals surface area contributed by atoms with Gasteiger partial charge in [-0.15, -0.1) is 0 Å². The molecule has 0 spiro atoms. The van der Waals surface area contributed by atoms with Crippen LogP contribution in [0.3, 0.4) is 0 Å². The second-order valence-corrected chi connectivity index (χ2v) is 34.7. The highest BCUT2D eigenvalue weighted by molar-refractivity contribution is 5.98. The molecular weight excluding hydrogens is 1860 g/mol. The normalized spacial score (nSPS) is 12.7. The average molecular weight is 2010 g/mol. The monoisotopic (exact) mass is 2010 g/mol. The molecule has 3 unspecified atom stereocenters. The van der Waals surface area contributed by atoms with Crippen LogP contribution in [0, 0.1) is 16.2 Å². The van der Waals surface area contributed by atoms with Gasteiger partial charge in [0.2, 0.25) is 0 Å². The molecule has 790 valence electrons. The van der Waals surface area contributed by atoms with Gasteiger partial charge in [-0.3, -0.25) is 57.5 Å². The maximum atomic E-state index is 13.1. The number of allylic oxidation sites excluding steroid dienone is 31. The van der Waals surface area contributed by atoms with Crippen molar-refractivity contribution in [1.82, 2.24) is 16.0 Å². The molecule has 0 heterocycles. The van der Waals surface area contributed by atoms with Gasteiger partial charge in [0.25, 0.3) is 17.7 Å². The Kier molecular flexibility index (Phi) is 71.0. The Morgan fingerprint density at radius 1 is 0.283 bits per heavy atom. The summed E-state index contributed by atoms with van der Waals surface area (Å²) in [5, 5.41) is 34.2. The van der Waals surface area contributed by atoms with E-state index in [4.69, 9.17) is 58.0 Å². The third kappa shape index (κ3) is 66.1. The predicted molar refractivity (Wildman–Crippen MR) is 560 cm³/mol. The number of benzene rings is 3. The van der Waals surface area contributed by atoms with Gasteiger partial charge in [0.05, 0.1) is 25.7 Å². The molecule has 3 atom stereocenters. The summed E-state index contributed by atoms with van der Waals surface area (Å²) in [5.74, 6) is -12.0. The van der Waals surface area contributed by atoms with Gasteiger partial charge in [0, 0.05) is 69.5 Å². The number of unbranched alkanes of at least 4 members (excludes halogenated alkanes) is 2. The summed E-state index contributed by atoms with van der Waals surface area (Å²) in [7, 11) is 0. The lowest BCUT2D eigenvalue weighted by atomic mass is 9.86. The number of carbonyl (C=O) groups is 15. The topological polar surface area (TPSA) is 436 Å². The van der Waals surface area contributed by atoms with Crippen LogP contribution in [0.25, 0.3) is 0 Å². The number of hydrogen-bond donors (Lipinski definition) is 6. The number of carbonyl (C=O) groups excluding carboxylic acids is 12. The summed E-state index contributed by atoms with van der Waals surface area (Å²) in [6, 6.07) is 17.7. The molecule has 0 saturated heterocycles. The van der Waals surface area contributed by atoms with E-state index in [0.717, 1.165) is 96.3 Å². The summed E-state index contributed by atoms with van der Waals surface area (Å²) < 4.78 is 48.3. The van der Waals surface area contributed by atoms with Crippen LogP contribution in [0.2, 0.25) is 0 Å². The molecule has 0 radical (unpaired) electrons. The molecule has 3 amide bonds. The van der Waals surface area contributed by atoms with Crippen LogP contribution in [0.1, 0.15) is 281 Å². The van der Waals surface area contributed by atoms with Crippen LogP contribution in [0.5, 0.6) is 17.2 Å². The Balaban J connectivity index is 0.00000109. The van der Waals surface area contributed by atoms with Gasteiger partial charge >= 0.3 is 71.6 Å². The SMILES string of the molecule is CC/C=C\C/C=C\C/C=C\C/C=C\C/C=C\C/C=C\CC(=O)OCC(C)(C)C(OC(=O)c1ccccc1OC(C)=O)C(=O)NCCC(=O)O.CC/C=C\C/C=C\C/C=C\C/C=C\C/C=C\CCCC(=O)OCC(C)(C)C(OC(=O)c1ccccc1OC(C)=O)C(=O)NCCC(=O)O.CC/C=C\C/C=C\C/C=C\C/C=C\C/C=C\CCCC(=O)OCC(C)(C)C(OC(=O)c1ccccc1OC(C)=O)C(=O)NCCC(=O)O. The molecule has 145 heavy (non-hydrogen) atoms. The highest BCUT2D eigenvalue weighted by Gasteiger charge is 2.44. The van der Waals surface area contributed by atoms with Crippen molar-refractivity contribution in [3.8, 4) is 17.2 Å². The van der Waals surface area contributed by atoms with Crippen molar-refractivity contribution >= 4 is 89.4 Å². The summed E-state index contributed by atoms with van der Waals surface area (Å²) >= 11 is 0. The molecule has 30 heteroatoms. The summed E-state index contributed by atoms with van der Waals surface area (Å²) in [5.41, 5.74) is -3.87. The van der Waals surface area contributed by atoms with E-state index in [0.29, 0.717) is 32.1 Å². The number of esters is 9. The molecule has 3 aromatic carbocycles. The smallest absolute Gasteiger partial charge is 0.342 e. The van der Waals surface area contributed by atoms with Crippen LogP contribution in [0.15, 0.2) is 267 Å². The number of amides is 3. The van der Waals surface area contributed by atoms with Crippen LogP contribution in [0.4, 0.5) is 0 Å². The summed E-state index contributed by atoms with van der Waals surface area (Å²) in [6.07, 6.45) is 79.3. The van der Waals surface area contributed by atoms with Crippen LogP contribution >= 0.6 is 0 Å². The minimum absolute atomic E-state index is 0.00576. The van der Waals surface area contributed by atoms with Gasteiger partial charge < -0.3 is 73.9 Å². The average Bonchev–Trinajstić information content (AvgIpc) is 0.820. The first-order valence-electron chi connectivity index (χ1n) is 49.2. The van der Waals surface area contributed by atoms with Crippen molar-refractivity contribution in [2.75, 3.05) is 39.5 Å². The minimum Gasteiger partial charge on any atom is -0.481 e. The second kappa shape index (κ2) is 80.0. The zero-order valence-corrected chi connectivity index (χ0v) is 86.4. The minimum atomic E-state index is -1.47. The summed E-state index contributed by atoms with van der Waals surface area (Å²) in [6.45, 7) is 18.0. The van der Waals surface area contributed by atoms with E-state index >= 15 is 0 Å². The molecule has 0 aliphatic heterocycles. The number of aliphatic carboxylic acids is 3. The van der Waals surface area contributed by atoms with Gasteiger partial charge in [-0.2, -0.15) is 0 Å². The molecule has 0 fully saturated rings. The molecular formula is C115H153N3O27. The Morgan fingerprint density at radius 3 is 0.710 bits per heavy atom. The molecule has 0 saturated carbocycles. The van der Waals surface area contributed by atoms with Crippen molar-refractivity contribution < 1.29 is 130 Å². The van der Waals surface area contributed by atoms with E-state index in [2.05, 4.69) is 183 Å². The summed E-state index contributed by atoms with van der Waals surface area (Å²) in [4.78, 5) is 183. The van der Waals surface area contributed by atoms with Crippen molar-refractivity contribution in [3.63, 3.8) is 0 Å². The van der Waals surface area contributed by atoms with Gasteiger partial charge in [-0.25, -0.2) is 14.4 Å². The first-order valence-corrected chi connectivity index (χ1v) is 49.2. The predicted octanol–water partition coefficient (Wildman–Crippen LogP) is 21.8. The van der Waals surface area contributed by atoms with E-state index in [-0.39, 0.29) is 112 Å². The maximum Gasteiger partial charge on any atom is 0.342 e. The largest absolute Gasteiger partial charge is 0.481 e. The molecule has 0 bridgehead atoms. The first kappa shape index (κ1) is 129.